The van der Waals surface area contributed by atoms with E-state index in [0.29, 0.717) is 17.1 Å². The van der Waals surface area contributed by atoms with Crippen molar-refractivity contribution in [1.82, 2.24) is 0 Å². The van der Waals surface area contributed by atoms with Crippen molar-refractivity contribution in [3.05, 3.63) is 58.5 Å². The minimum Gasteiger partial charge on any atom is -0.464 e. The van der Waals surface area contributed by atoms with Gasteiger partial charge in [0.1, 0.15) is 11.5 Å². The summed E-state index contributed by atoms with van der Waals surface area (Å²) in [5.41, 5.74) is 5.73. The lowest BCUT2D eigenvalue weighted by atomic mass is 9.97. The van der Waals surface area contributed by atoms with Gasteiger partial charge in [0, 0.05) is 0 Å². The van der Waals surface area contributed by atoms with E-state index in [2.05, 4.69) is 0 Å². The maximum atomic E-state index is 13.0. The topological polar surface area (TPSA) is 39.2 Å². The number of rotatable bonds is 2. The predicted molar refractivity (Wildman–Crippen MR) is 65.7 cm³/mol. The Morgan fingerprint density at radius 2 is 1.79 bits per heavy atom. The molecule has 2 N–H and O–H groups in total. The highest BCUT2D eigenvalue weighted by atomic mass is 19.4. The second-order valence-electron chi connectivity index (χ2n) is 4.51. The van der Waals surface area contributed by atoms with Gasteiger partial charge in [-0.25, -0.2) is 0 Å². The van der Waals surface area contributed by atoms with Gasteiger partial charge in [0.2, 0.25) is 0 Å². The molecule has 1 aromatic carbocycles. The Morgan fingerprint density at radius 3 is 2.32 bits per heavy atom. The molecule has 0 saturated carbocycles. The zero-order valence-corrected chi connectivity index (χ0v) is 10.6. The Morgan fingerprint density at radius 1 is 1.11 bits per heavy atom. The number of nitrogens with two attached hydrogens (primary N) is 1. The molecule has 0 unspecified atom stereocenters. The van der Waals surface area contributed by atoms with Gasteiger partial charge in [-0.3, -0.25) is 0 Å². The number of hydrogen-bond acceptors (Lipinski definition) is 2. The average molecular weight is 269 g/mol. The first kappa shape index (κ1) is 13.7. The van der Waals surface area contributed by atoms with Crippen LogP contribution in [0.4, 0.5) is 13.2 Å². The highest BCUT2D eigenvalue weighted by molar-refractivity contribution is 5.39. The molecular weight excluding hydrogens is 255 g/mol. The van der Waals surface area contributed by atoms with E-state index < -0.39 is 17.8 Å². The molecule has 1 atom stereocenters. The molecule has 1 heterocycles. The van der Waals surface area contributed by atoms with Gasteiger partial charge in [0.15, 0.2) is 0 Å². The molecule has 0 fully saturated rings. The fraction of sp³-hybridized carbons (Fsp3) is 0.286. The van der Waals surface area contributed by atoms with Crippen LogP contribution >= 0.6 is 0 Å². The van der Waals surface area contributed by atoms with Crippen LogP contribution in [0.5, 0.6) is 0 Å². The van der Waals surface area contributed by atoms with E-state index in [4.69, 9.17) is 10.2 Å². The van der Waals surface area contributed by atoms with E-state index in [1.807, 2.05) is 0 Å². The van der Waals surface area contributed by atoms with Gasteiger partial charge in [-0.2, -0.15) is 13.2 Å². The van der Waals surface area contributed by atoms with Crippen LogP contribution < -0.4 is 5.73 Å². The number of benzene rings is 1. The fourth-order valence-corrected chi connectivity index (χ4v) is 1.96. The maximum Gasteiger partial charge on any atom is 0.416 e. The van der Waals surface area contributed by atoms with E-state index in [0.717, 1.165) is 6.07 Å². The molecule has 0 radical (unpaired) electrons. The van der Waals surface area contributed by atoms with Gasteiger partial charge < -0.3 is 10.2 Å². The summed E-state index contributed by atoms with van der Waals surface area (Å²) in [7, 11) is 0. The minimum absolute atomic E-state index is 0.0208. The molecule has 0 aliphatic rings. The zero-order chi connectivity index (χ0) is 14.2. The van der Waals surface area contributed by atoms with Gasteiger partial charge in [-0.1, -0.05) is 17.7 Å². The van der Waals surface area contributed by atoms with Crippen molar-refractivity contribution in [2.45, 2.75) is 26.1 Å². The average Bonchev–Trinajstić information content (AvgIpc) is 2.74. The van der Waals surface area contributed by atoms with Crippen molar-refractivity contribution in [1.29, 1.82) is 0 Å². The molecule has 19 heavy (non-hydrogen) atoms. The highest BCUT2D eigenvalue weighted by Gasteiger charge is 2.35. The molecule has 5 heteroatoms. The summed E-state index contributed by atoms with van der Waals surface area (Å²) in [5, 5.41) is 0. The molecule has 2 rings (SSSR count). The summed E-state index contributed by atoms with van der Waals surface area (Å²) in [6.45, 7) is 3.33. The monoisotopic (exact) mass is 269 g/mol. The Kier molecular flexibility index (Phi) is 3.41. The number of halogens is 3. The molecule has 0 saturated heterocycles. The quantitative estimate of drug-likeness (QED) is 0.896. The summed E-state index contributed by atoms with van der Waals surface area (Å²) in [4.78, 5) is 0. The minimum atomic E-state index is -4.43. The standard InChI is InChI=1S/C14H14F3NO/c1-8-3-5-10(11(7-8)14(15,16)17)13(18)12-6-4-9(2)19-12/h3-7,13H,18H2,1-2H3/t13-/m0/s1. The van der Waals surface area contributed by atoms with Crippen LogP contribution in [0.2, 0.25) is 0 Å². The number of hydrogen-bond donors (Lipinski definition) is 1. The smallest absolute Gasteiger partial charge is 0.416 e. The largest absolute Gasteiger partial charge is 0.464 e. The van der Waals surface area contributed by atoms with E-state index in [-0.39, 0.29) is 5.56 Å². The normalized spacial score (nSPS) is 13.6. The Bertz CT molecular complexity index is 587. The van der Waals surface area contributed by atoms with E-state index in [9.17, 15) is 13.2 Å². The Labute approximate surface area is 109 Å². The van der Waals surface area contributed by atoms with Gasteiger partial charge in [0.05, 0.1) is 11.6 Å². The maximum absolute atomic E-state index is 13.0. The lowest BCUT2D eigenvalue weighted by Gasteiger charge is -2.17. The lowest BCUT2D eigenvalue weighted by molar-refractivity contribution is -0.138. The number of alkyl halides is 3. The van der Waals surface area contributed by atoms with Crippen molar-refractivity contribution in [3.63, 3.8) is 0 Å². The van der Waals surface area contributed by atoms with E-state index >= 15 is 0 Å². The summed E-state index contributed by atoms with van der Waals surface area (Å²) < 4.78 is 44.4. The molecule has 0 aliphatic heterocycles. The van der Waals surface area contributed by atoms with Crippen molar-refractivity contribution in [2.75, 3.05) is 0 Å². The number of furan rings is 1. The van der Waals surface area contributed by atoms with Crippen molar-refractivity contribution in [3.8, 4) is 0 Å². The summed E-state index contributed by atoms with van der Waals surface area (Å²) in [5.74, 6) is 0.943. The third kappa shape index (κ3) is 2.81. The van der Waals surface area contributed by atoms with Crippen molar-refractivity contribution < 1.29 is 17.6 Å². The summed E-state index contributed by atoms with van der Waals surface area (Å²) in [6, 6.07) is 6.47. The SMILES string of the molecule is Cc1ccc([C@H](N)c2ccc(C)o2)c(C(F)(F)F)c1. The predicted octanol–water partition coefficient (Wildman–Crippen LogP) is 3.96. The molecule has 1 aromatic heterocycles. The third-order valence-corrected chi connectivity index (χ3v) is 2.92. The first-order chi connectivity index (χ1) is 8.79. The second-order valence-corrected chi connectivity index (χ2v) is 4.51. The second kappa shape index (κ2) is 4.74. The van der Waals surface area contributed by atoms with Gasteiger partial charge in [-0.15, -0.1) is 0 Å². The third-order valence-electron chi connectivity index (χ3n) is 2.92. The molecule has 0 bridgehead atoms. The van der Waals surface area contributed by atoms with Crippen LogP contribution in [0.1, 0.15) is 34.3 Å². The molecule has 2 aromatic rings. The lowest BCUT2D eigenvalue weighted by Crippen LogP contribution is -2.18. The first-order valence-corrected chi connectivity index (χ1v) is 5.78. The van der Waals surface area contributed by atoms with Crippen LogP contribution in [0.3, 0.4) is 0 Å². The van der Waals surface area contributed by atoms with Gasteiger partial charge in [0.25, 0.3) is 0 Å². The molecule has 102 valence electrons. The molecular formula is C14H14F3NO. The van der Waals surface area contributed by atoms with Crippen LogP contribution in [-0.4, -0.2) is 0 Å². The van der Waals surface area contributed by atoms with Crippen LogP contribution in [0, 0.1) is 13.8 Å². The van der Waals surface area contributed by atoms with Crippen molar-refractivity contribution >= 4 is 0 Å². The van der Waals surface area contributed by atoms with E-state index in [1.165, 1.54) is 6.07 Å². The fourth-order valence-electron chi connectivity index (χ4n) is 1.96. The van der Waals surface area contributed by atoms with Gasteiger partial charge in [-0.05, 0) is 37.6 Å². The Balaban J connectivity index is 2.50. The van der Waals surface area contributed by atoms with Crippen LogP contribution in [0.25, 0.3) is 0 Å². The molecule has 0 spiro atoms. The van der Waals surface area contributed by atoms with Gasteiger partial charge >= 0.3 is 6.18 Å². The number of aryl methyl sites for hydroxylation is 2. The van der Waals surface area contributed by atoms with Crippen molar-refractivity contribution in [2.24, 2.45) is 5.73 Å². The first-order valence-electron chi connectivity index (χ1n) is 5.78. The highest BCUT2D eigenvalue weighted by Crippen LogP contribution is 2.36. The Hall–Kier alpha value is -1.75. The van der Waals surface area contributed by atoms with Crippen LogP contribution in [0.15, 0.2) is 34.7 Å². The molecule has 0 amide bonds. The molecule has 2 nitrogen and oxygen atoms in total. The van der Waals surface area contributed by atoms with E-state index in [1.54, 1.807) is 32.0 Å². The molecule has 0 aliphatic carbocycles. The zero-order valence-electron chi connectivity index (χ0n) is 10.6. The van der Waals surface area contributed by atoms with Crippen LogP contribution in [-0.2, 0) is 6.18 Å². The summed E-state index contributed by atoms with van der Waals surface area (Å²) in [6.07, 6.45) is -4.43. The summed E-state index contributed by atoms with van der Waals surface area (Å²) >= 11 is 0.